The van der Waals surface area contributed by atoms with E-state index in [1.807, 2.05) is 6.07 Å². The number of hydrogen-bond acceptors (Lipinski definition) is 4. The zero-order valence-corrected chi connectivity index (χ0v) is 9.51. The highest BCUT2D eigenvalue weighted by Crippen LogP contribution is 2.45. The molecule has 17 heavy (non-hydrogen) atoms. The maximum atomic E-state index is 11.7. The Morgan fingerprint density at radius 1 is 1.59 bits per heavy atom. The molecule has 1 N–H and O–H groups in total. The van der Waals surface area contributed by atoms with Gasteiger partial charge in [0.25, 0.3) is 0 Å². The lowest BCUT2D eigenvalue weighted by molar-refractivity contribution is -0.147. The van der Waals surface area contributed by atoms with Gasteiger partial charge in [0.2, 0.25) is 0 Å². The first-order chi connectivity index (χ1) is 8.12. The van der Waals surface area contributed by atoms with Crippen molar-refractivity contribution in [3.05, 3.63) is 41.2 Å². The second kappa shape index (κ2) is 3.40. The van der Waals surface area contributed by atoms with E-state index in [1.54, 1.807) is 25.4 Å². The summed E-state index contributed by atoms with van der Waals surface area (Å²) in [6, 6.07) is 1.95. The van der Waals surface area contributed by atoms with E-state index < -0.39 is 17.7 Å². The summed E-state index contributed by atoms with van der Waals surface area (Å²) in [5.74, 6) is -0.420. The van der Waals surface area contributed by atoms with E-state index in [0.717, 1.165) is 24.0 Å². The summed E-state index contributed by atoms with van der Waals surface area (Å²) in [4.78, 5) is 15.8. The van der Waals surface area contributed by atoms with Gasteiger partial charge in [-0.15, -0.1) is 0 Å². The van der Waals surface area contributed by atoms with Crippen LogP contribution in [0.2, 0.25) is 0 Å². The van der Waals surface area contributed by atoms with Crippen LogP contribution in [0, 0.1) is 0 Å². The topological polar surface area (TPSA) is 59.4 Å². The molecular weight excluding hydrogens is 218 g/mol. The number of aryl methyl sites for hydroxylation is 1. The average Bonchev–Trinajstić information content (AvgIpc) is 2.83. The summed E-state index contributed by atoms with van der Waals surface area (Å²) in [5.41, 5.74) is 1.77. The molecule has 1 aromatic heterocycles. The lowest BCUT2D eigenvalue weighted by Crippen LogP contribution is -2.22. The minimum Gasteiger partial charge on any atom is -0.446 e. The van der Waals surface area contributed by atoms with E-state index in [4.69, 9.17) is 4.74 Å². The Hall–Kier alpha value is -1.68. The number of hydrogen-bond donors (Lipinski definition) is 1. The summed E-state index contributed by atoms with van der Waals surface area (Å²) in [6.45, 7) is 1.57. The summed E-state index contributed by atoms with van der Waals surface area (Å²) >= 11 is 0. The second-order valence-electron chi connectivity index (χ2n) is 4.59. The van der Waals surface area contributed by atoms with Crippen molar-refractivity contribution in [3.63, 3.8) is 0 Å². The van der Waals surface area contributed by atoms with Gasteiger partial charge in [-0.25, -0.2) is 4.79 Å². The molecule has 88 valence electrons. The number of fused-ring (bicyclic) bond motifs is 2. The van der Waals surface area contributed by atoms with Gasteiger partial charge in [-0.05, 0) is 37.5 Å². The standard InChI is InChI=1S/C13H13NO3/c1-8(15)10-6-13(17-12(10)16)4-2-9-3-5-14-7-11(9)13/h3,5-8,15H,2,4H2,1H3. The maximum absolute atomic E-state index is 11.7. The van der Waals surface area contributed by atoms with E-state index in [9.17, 15) is 9.90 Å². The number of pyridine rings is 1. The third kappa shape index (κ3) is 1.41. The number of nitrogens with zero attached hydrogens (tertiary/aromatic N) is 1. The number of rotatable bonds is 1. The molecule has 4 nitrogen and oxygen atoms in total. The molecule has 1 aromatic rings. The fraction of sp³-hybridized carbons (Fsp3) is 0.385. The van der Waals surface area contributed by atoms with Crippen LogP contribution < -0.4 is 0 Å². The van der Waals surface area contributed by atoms with Crippen molar-refractivity contribution >= 4 is 5.97 Å². The van der Waals surface area contributed by atoms with Gasteiger partial charge in [-0.1, -0.05) is 0 Å². The second-order valence-corrected chi connectivity index (χ2v) is 4.59. The van der Waals surface area contributed by atoms with E-state index in [1.165, 1.54) is 0 Å². The van der Waals surface area contributed by atoms with Crippen molar-refractivity contribution in [1.82, 2.24) is 4.98 Å². The van der Waals surface area contributed by atoms with Crippen LogP contribution >= 0.6 is 0 Å². The first kappa shape index (κ1) is 10.5. The normalized spacial score (nSPS) is 27.9. The van der Waals surface area contributed by atoms with Crippen LogP contribution in [0.4, 0.5) is 0 Å². The molecule has 0 fully saturated rings. The number of esters is 1. The number of carbonyl (C=O) groups excluding carboxylic acids is 1. The van der Waals surface area contributed by atoms with E-state index >= 15 is 0 Å². The van der Waals surface area contributed by atoms with Crippen LogP contribution in [0.25, 0.3) is 0 Å². The largest absolute Gasteiger partial charge is 0.446 e. The van der Waals surface area contributed by atoms with Crippen LogP contribution in [-0.2, 0) is 21.6 Å². The molecule has 0 saturated heterocycles. The number of carbonyl (C=O) groups is 1. The molecule has 0 saturated carbocycles. The molecule has 2 heterocycles. The van der Waals surface area contributed by atoms with Crippen LogP contribution in [-0.4, -0.2) is 22.2 Å². The lowest BCUT2D eigenvalue weighted by atomic mass is 9.95. The Morgan fingerprint density at radius 3 is 3.12 bits per heavy atom. The fourth-order valence-corrected chi connectivity index (χ4v) is 2.59. The maximum Gasteiger partial charge on any atom is 0.337 e. The van der Waals surface area contributed by atoms with Crippen molar-refractivity contribution in [2.24, 2.45) is 0 Å². The van der Waals surface area contributed by atoms with Crippen molar-refractivity contribution in [2.45, 2.75) is 31.5 Å². The van der Waals surface area contributed by atoms with Gasteiger partial charge in [0.05, 0.1) is 11.7 Å². The van der Waals surface area contributed by atoms with E-state index in [0.29, 0.717) is 5.57 Å². The first-order valence-electron chi connectivity index (χ1n) is 5.70. The molecule has 0 radical (unpaired) electrons. The molecule has 2 atom stereocenters. The monoisotopic (exact) mass is 231 g/mol. The summed E-state index contributed by atoms with van der Waals surface area (Å²) in [6.07, 6.45) is 6.06. The first-order valence-corrected chi connectivity index (χ1v) is 5.70. The van der Waals surface area contributed by atoms with Gasteiger partial charge in [0.15, 0.2) is 5.60 Å². The van der Waals surface area contributed by atoms with Gasteiger partial charge in [0.1, 0.15) is 0 Å². The molecular formula is C13H13NO3. The SMILES string of the molecule is CC(O)C1=CC2(CCc3ccncc32)OC1=O. The Bertz CT molecular complexity index is 521. The van der Waals surface area contributed by atoms with Gasteiger partial charge in [-0.3, -0.25) is 4.98 Å². The number of ether oxygens (including phenoxy) is 1. The summed E-state index contributed by atoms with van der Waals surface area (Å²) in [5, 5.41) is 9.53. The molecule has 1 spiro atoms. The van der Waals surface area contributed by atoms with E-state index in [-0.39, 0.29) is 0 Å². The van der Waals surface area contributed by atoms with Crippen molar-refractivity contribution in [3.8, 4) is 0 Å². The quantitative estimate of drug-likeness (QED) is 0.735. The number of aromatic nitrogens is 1. The predicted molar refractivity (Wildman–Crippen MR) is 60.1 cm³/mol. The molecule has 0 bridgehead atoms. The van der Waals surface area contributed by atoms with Crippen molar-refractivity contribution < 1.29 is 14.6 Å². The van der Waals surface area contributed by atoms with Crippen molar-refractivity contribution in [2.75, 3.05) is 0 Å². The van der Waals surface area contributed by atoms with Gasteiger partial charge in [-0.2, -0.15) is 0 Å². The Labute approximate surface area is 98.9 Å². The molecule has 4 heteroatoms. The zero-order valence-electron chi connectivity index (χ0n) is 9.51. The highest BCUT2D eigenvalue weighted by molar-refractivity contribution is 5.93. The third-order valence-electron chi connectivity index (χ3n) is 3.48. The van der Waals surface area contributed by atoms with Gasteiger partial charge >= 0.3 is 5.97 Å². The summed E-state index contributed by atoms with van der Waals surface area (Å²) in [7, 11) is 0. The van der Waals surface area contributed by atoms with Crippen LogP contribution in [0.3, 0.4) is 0 Å². The predicted octanol–water partition coefficient (Wildman–Crippen LogP) is 1.09. The average molecular weight is 231 g/mol. The summed E-state index contributed by atoms with van der Waals surface area (Å²) < 4.78 is 5.48. The molecule has 2 aliphatic rings. The van der Waals surface area contributed by atoms with Gasteiger partial charge < -0.3 is 9.84 Å². The smallest absolute Gasteiger partial charge is 0.337 e. The number of aliphatic hydroxyl groups excluding tert-OH is 1. The molecule has 1 aliphatic carbocycles. The molecule has 1 aliphatic heterocycles. The minimum atomic E-state index is -0.789. The van der Waals surface area contributed by atoms with Gasteiger partial charge in [0, 0.05) is 18.0 Å². The number of aliphatic hydroxyl groups is 1. The highest BCUT2D eigenvalue weighted by Gasteiger charge is 2.46. The van der Waals surface area contributed by atoms with Crippen LogP contribution in [0.1, 0.15) is 24.5 Å². The Kier molecular flexibility index (Phi) is 2.10. The highest BCUT2D eigenvalue weighted by atomic mass is 16.6. The lowest BCUT2D eigenvalue weighted by Gasteiger charge is -2.21. The zero-order chi connectivity index (χ0) is 12.0. The molecule has 0 aromatic carbocycles. The Balaban J connectivity index is 2.10. The molecule has 2 unspecified atom stereocenters. The fourth-order valence-electron chi connectivity index (χ4n) is 2.59. The van der Waals surface area contributed by atoms with Crippen LogP contribution in [0.15, 0.2) is 30.1 Å². The minimum absolute atomic E-state index is 0.349. The van der Waals surface area contributed by atoms with Crippen LogP contribution in [0.5, 0.6) is 0 Å². The Morgan fingerprint density at radius 2 is 2.41 bits per heavy atom. The van der Waals surface area contributed by atoms with Crippen molar-refractivity contribution in [1.29, 1.82) is 0 Å². The molecule has 3 rings (SSSR count). The van der Waals surface area contributed by atoms with E-state index in [2.05, 4.69) is 4.98 Å². The molecule has 0 amide bonds. The third-order valence-corrected chi connectivity index (χ3v) is 3.48.